The molecule has 0 saturated carbocycles. The molecule has 1 fully saturated rings. The maximum absolute atomic E-state index is 13.6. The molecule has 1 atom stereocenters. The third kappa shape index (κ3) is 6.21. The quantitative estimate of drug-likeness (QED) is 0.622. The van der Waals surface area contributed by atoms with Crippen LogP contribution in [0.5, 0.6) is 0 Å². The van der Waals surface area contributed by atoms with Crippen molar-refractivity contribution in [3.05, 3.63) is 57.9 Å². The molecule has 2 aliphatic rings. The van der Waals surface area contributed by atoms with Crippen LogP contribution in [0.3, 0.4) is 0 Å². The van der Waals surface area contributed by atoms with Gasteiger partial charge in [-0.1, -0.05) is 17.7 Å². The number of nitrogens with zero attached hydrogens (tertiary/aromatic N) is 3. The van der Waals surface area contributed by atoms with E-state index in [-0.39, 0.29) is 17.7 Å². The summed E-state index contributed by atoms with van der Waals surface area (Å²) in [5.74, 6) is 0.265. The van der Waals surface area contributed by atoms with Gasteiger partial charge in [0, 0.05) is 39.3 Å². The molecule has 1 aromatic heterocycles. The van der Waals surface area contributed by atoms with Gasteiger partial charge >= 0.3 is 12.0 Å². The first-order valence-electron chi connectivity index (χ1n) is 11.4. The fourth-order valence-corrected chi connectivity index (χ4v) is 4.41. The monoisotopic (exact) mass is 490 g/mol. The van der Waals surface area contributed by atoms with Crippen LogP contribution in [0.25, 0.3) is 0 Å². The second-order valence-electron chi connectivity index (χ2n) is 8.67. The third-order valence-electron chi connectivity index (χ3n) is 6.19. The van der Waals surface area contributed by atoms with E-state index in [1.807, 2.05) is 6.20 Å². The first kappa shape index (κ1) is 24.3. The Kier molecular flexibility index (Phi) is 7.95. The molecule has 0 unspecified atom stereocenters. The lowest BCUT2D eigenvalue weighted by molar-refractivity contribution is -0.141. The second-order valence-corrected chi connectivity index (χ2v) is 9.07. The predicted octanol–water partition coefficient (Wildman–Crippen LogP) is 3.61. The summed E-state index contributed by atoms with van der Waals surface area (Å²) in [4.78, 5) is 35.4. The molecule has 34 heavy (non-hydrogen) atoms. The number of hydrogen-bond donors (Lipinski definition) is 1. The highest BCUT2D eigenvalue weighted by molar-refractivity contribution is 6.30. The van der Waals surface area contributed by atoms with Crippen LogP contribution in [0.4, 0.5) is 9.18 Å². The van der Waals surface area contributed by atoms with E-state index in [0.717, 1.165) is 49.6 Å². The molecule has 1 N–H and O–H groups in total. The molecule has 2 aliphatic heterocycles. The highest BCUT2D eigenvalue weighted by Crippen LogP contribution is 2.24. The van der Waals surface area contributed by atoms with Gasteiger partial charge in [0.1, 0.15) is 18.2 Å². The van der Waals surface area contributed by atoms with E-state index in [4.69, 9.17) is 26.1 Å². The first-order chi connectivity index (χ1) is 16.4. The van der Waals surface area contributed by atoms with Crippen LogP contribution in [-0.4, -0.2) is 53.2 Å². The van der Waals surface area contributed by atoms with Gasteiger partial charge in [0.15, 0.2) is 0 Å². The summed E-state index contributed by atoms with van der Waals surface area (Å²) in [6.07, 6.45) is 5.34. The number of rotatable bonds is 6. The predicted molar refractivity (Wildman–Crippen MR) is 123 cm³/mol. The summed E-state index contributed by atoms with van der Waals surface area (Å²) in [5.41, 5.74) is 2.43. The Bertz CT molecular complexity index is 1050. The van der Waals surface area contributed by atoms with E-state index >= 15 is 0 Å². The van der Waals surface area contributed by atoms with Crippen molar-refractivity contribution in [1.29, 1.82) is 0 Å². The second kappa shape index (κ2) is 11.1. The van der Waals surface area contributed by atoms with Crippen LogP contribution in [0.1, 0.15) is 48.5 Å². The molecule has 0 aliphatic carbocycles. The zero-order chi connectivity index (χ0) is 24.1. The number of benzene rings is 1. The van der Waals surface area contributed by atoms with Gasteiger partial charge in [-0.25, -0.2) is 19.2 Å². The number of amides is 2. The zero-order valence-corrected chi connectivity index (χ0v) is 19.8. The number of aromatic nitrogens is 2. The Morgan fingerprint density at radius 2 is 2.15 bits per heavy atom. The van der Waals surface area contributed by atoms with E-state index in [9.17, 15) is 14.0 Å². The van der Waals surface area contributed by atoms with Crippen molar-refractivity contribution >= 4 is 23.6 Å². The molecule has 182 valence electrons. The number of fused-ring (bicyclic) bond motifs is 1. The molecule has 2 aromatic rings. The normalized spacial score (nSPS) is 17.1. The van der Waals surface area contributed by atoms with Gasteiger partial charge in [-0.05, 0) is 48.4 Å². The zero-order valence-electron chi connectivity index (χ0n) is 19.1. The van der Waals surface area contributed by atoms with Crippen LogP contribution >= 0.6 is 11.6 Å². The van der Waals surface area contributed by atoms with Crippen molar-refractivity contribution in [3.63, 3.8) is 0 Å². The molecule has 0 bridgehead atoms. The number of carbonyl (C=O) groups excluding carboxylic acids is 2. The van der Waals surface area contributed by atoms with Crippen LogP contribution in [0.15, 0.2) is 24.4 Å². The highest BCUT2D eigenvalue weighted by atomic mass is 35.5. The fraction of sp³-hybridized carbons (Fsp3) is 0.500. The van der Waals surface area contributed by atoms with Crippen LogP contribution in [0.2, 0.25) is 5.02 Å². The molecule has 1 aromatic carbocycles. The van der Waals surface area contributed by atoms with E-state index in [1.54, 1.807) is 4.90 Å². The van der Waals surface area contributed by atoms with Crippen LogP contribution < -0.4 is 5.32 Å². The summed E-state index contributed by atoms with van der Waals surface area (Å²) in [5, 5.41) is 2.82. The van der Waals surface area contributed by atoms with Gasteiger partial charge < -0.3 is 19.7 Å². The van der Waals surface area contributed by atoms with Crippen molar-refractivity contribution in [3.8, 4) is 0 Å². The summed E-state index contributed by atoms with van der Waals surface area (Å²) < 4.78 is 24.2. The van der Waals surface area contributed by atoms with Gasteiger partial charge in [-0.3, -0.25) is 4.79 Å². The average Bonchev–Trinajstić information content (AvgIpc) is 2.83. The Morgan fingerprint density at radius 3 is 2.88 bits per heavy atom. The molecule has 0 spiro atoms. The van der Waals surface area contributed by atoms with Gasteiger partial charge in [0.2, 0.25) is 0 Å². The third-order valence-corrected chi connectivity index (χ3v) is 6.48. The minimum absolute atomic E-state index is 0.0692. The van der Waals surface area contributed by atoms with Gasteiger partial charge in [-0.2, -0.15) is 0 Å². The number of nitrogens with one attached hydrogen (secondary N) is 1. The van der Waals surface area contributed by atoms with E-state index in [0.29, 0.717) is 31.0 Å². The molecule has 3 heterocycles. The topological polar surface area (TPSA) is 93.7 Å². The van der Waals surface area contributed by atoms with Crippen molar-refractivity contribution in [2.75, 3.05) is 26.4 Å². The maximum Gasteiger partial charge on any atom is 0.318 e. The number of esters is 1. The van der Waals surface area contributed by atoms with Crippen molar-refractivity contribution in [2.24, 2.45) is 5.92 Å². The molecule has 2 amide bonds. The van der Waals surface area contributed by atoms with Gasteiger partial charge in [-0.15, -0.1) is 0 Å². The van der Waals surface area contributed by atoms with Crippen LogP contribution in [-0.2, 0) is 33.7 Å². The summed E-state index contributed by atoms with van der Waals surface area (Å²) >= 11 is 5.92. The maximum atomic E-state index is 13.6. The molecule has 10 heteroatoms. The molecule has 0 radical (unpaired) electrons. The Hall–Kier alpha value is -2.78. The van der Waals surface area contributed by atoms with E-state index < -0.39 is 17.8 Å². The lowest BCUT2D eigenvalue weighted by Crippen LogP contribution is -2.45. The summed E-state index contributed by atoms with van der Waals surface area (Å²) in [6.45, 7) is 3.61. The largest absolute Gasteiger partial charge is 0.463 e. The fourth-order valence-electron chi connectivity index (χ4n) is 4.22. The summed E-state index contributed by atoms with van der Waals surface area (Å²) in [7, 11) is 0. The number of halogens is 2. The van der Waals surface area contributed by atoms with E-state index in [2.05, 4.69) is 10.3 Å². The SMILES string of the molecule is CC(=O)OC[C@@H](NC(=O)N1CCc2cnc(CC3CCOCC3)nc2C1)c1ccc(F)c(Cl)c1. The lowest BCUT2D eigenvalue weighted by Gasteiger charge is -2.30. The van der Waals surface area contributed by atoms with Crippen molar-refractivity contribution in [1.82, 2.24) is 20.2 Å². The van der Waals surface area contributed by atoms with Gasteiger partial charge in [0.05, 0.1) is 23.3 Å². The molecule has 4 rings (SSSR count). The standard InChI is InChI=1S/C24H28ClFN4O4/c1-15(31)34-14-22(17-2-3-20(26)19(25)11-17)29-24(32)30-7-4-18-12-27-23(28-21(18)13-30)10-16-5-8-33-9-6-16/h2-3,11-12,16,22H,4-10,13-14H2,1H3,(H,29,32)/t22-/m1/s1. The molecular weight excluding hydrogens is 463 g/mol. The minimum Gasteiger partial charge on any atom is -0.463 e. The lowest BCUT2D eigenvalue weighted by atomic mass is 9.96. The Labute approximate surface area is 202 Å². The number of carbonyl (C=O) groups is 2. The van der Waals surface area contributed by atoms with Crippen molar-refractivity contribution in [2.45, 2.75) is 45.2 Å². The average molecular weight is 491 g/mol. The first-order valence-corrected chi connectivity index (χ1v) is 11.8. The minimum atomic E-state index is -0.676. The molecule has 8 nitrogen and oxygen atoms in total. The number of ether oxygens (including phenoxy) is 2. The molecular formula is C24H28ClFN4O4. The highest BCUT2D eigenvalue weighted by Gasteiger charge is 2.26. The van der Waals surface area contributed by atoms with Gasteiger partial charge in [0.25, 0.3) is 0 Å². The number of hydrogen-bond acceptors (Lipinski definition) is 6. The smallest absolute Gasteiger partial charge is 0.318 e. The van der Waals surface area contributed by atoms with E-state index in [1.165, 1.54) is 25.1 Å². The summed E-state index contributed by atoms with van der Waals surface area (Å²) in [6, 6.07) is 3.15. The molecule has 1 saturated heterocycles. The Balaban J connectivity index is 1.44. The van der Waals surface area contributed by atoms with Crippen molar-refractivity contribution < 1.29 is 23.5 Å². The Morgan fingerprint density at radius 1 is 1.35 bits per heavy atom. The number of urea groups is 1. The van der Waals surface area contributed by atoms with Crippen LogP contribution in [0, 0.1) is 11.7 Å².